The van der Waals surface area contributed by atoms with E-state index >= 15 is 0 Å². The third-order valence-electron chi connectivity index (χ3n) is 2.37. The summed E-state index contributed by atoms with van der Waals surface area (Å²) >= 11 is 0. The van der Waals surface area contributed by atoms with E-state index in [1.54, 1.807) is 10.7 Å². The fraction of sp³-hybridized carbons (Fsp3) is 0.167. The van der Waals surface area contributed by atoms with Gasteiger partial charge in [-0.2, -0.15) is 5.10 Å². The van der Waals surface area contributed by atoms with E-state index in [4.69, 9.17) is 5.73 Å². The number of nitrogens with two attached hydrogens (primary N) is 1. The van der Waals surface area contributed by atoms with Crippen LogP contribution in [0.25, 0.3) is 0 Å². The Kier molecular flexibility index (Phi) is 3.09. The van der Waals surface area contributed by atoms with Crippen LogP contribution in [0.2, 0.25) is 0 Å². The second-order valence-corrected chi connectivity index (χ2v) is 3.59. The molecule has 0 aliphatic rings. The average Bonchev–Trinajstić information content (AvgIpc) is 2.72. The van der Waals surface area contributed by atoms with Gasteiger partial charge in [0.15, 0.2) is 5.69 Å². The first kappa shape index (κ1) is 11.2. The van der Waals surface area contributed by atoms with Crippen LogP contribution in [0.4, 0.5) is 11.5 Å². The van der Waals surface area contributed by atoms with Crippen molar-refractivity contribution in [3.05, 3.63) is 42.1 Å². The Labute approximate surface area is 99.2 Å². The second kappa shape index (κ2) is 4.69. The molecule has 5 heteroatoms. The minimum Gasteiger partial charge on any atom is -0.384 e. The molecule has 0 spiro atoms. The number of anilines is 2. The molecular weight excluding hydrogens is 216 g/mol. The zero-order chi connectivity index (χ0) is 12.3. The van der Waals surface area contributed by atoms with Crippen LogP contribution in [0.15, 0.2) is 36.4 Å². The summed E-state index contributed by atoms with van der Waals surface area (Å²) in [5.41, 5.74) is 6.77. The lowest BCUT2D eigenvalue weighted by Gasteiger charge is -2.01. The van der Waals surface area contributed by atoms with E-state index in [0.717, 1.165) is 5.69 Å². The SMILES string of the molecule is CCn1nc(C(=O)Nc2ccccc2)cc1N. The maximum Gasteiger partial charge on any atom is 0.276 e. The second-order valence-electron chi connectivity index (χ2n) is 3.59. The van der Waals surface area contributed by atoms with Crippen LogP contribution in [-0.2, 0) is 6.54 Å². The summed E-state index contributed by atoms with van der Waals surface area (Å²) in [7, 11) is 0. The quantitative estimate of drug-likeness (QED) is 0.843. The highest BCUT2D eigenvalue weighted by Crippen LogP contribution is 2.10. The van der Waals surface area contributed by atoms with Gasteiger partial charge >= 0.3 is 0 Å². The number of aromatic nitrogens is 2. The summed E-state index contributed by atoms with van der Waals surface area (Å²) in [6.07, 6.45) is 0. The predicted octanol–water partition coefficient (Wildman–Crippen LogP) is 1.74. The minimum atomic E-state index is -0.255. The number of para-hydroxylation sites is 1. The smallest absolute Gasteiger partial charge is 0.276 e. The summed E-state index contributed by atoms with van der Waals surface area (Å²) in [6, 6.07) is 10.8. The maximum atomic E-state index is 11.9. The van der Waals surface area contributed by atoms with Gasteiger partial charge in [-0.1, -0.05) is 18.2 Å². The summed E-state index contributed by atoms with van der Waals surface area (Å²) in [4.78, 5) is 11.9. The number of carbonyl (C=O) groups excluding carboxylic acids is 1. The number of aryl methyl sites for hydroxylation is 1. The number of benzene rings is 1. The monoisotopic (exact) mass is 230 g/mol. The molecule has 0 radical (unpaired) electrons. The molecule has 1 amide bonds. The van der Waals surface area contributed by atoms with E-state index in [9.17, 15) is 4.79 Å². The molecule has 0 saturated heterocycles. The van der Waals surface area contributed by atoms with E-state index in [1.165, 1.54) is 0 Å². The van der Waals surface area contributed by atoms with E-state index in [1.807, 2.05) is 37.3 Å². The number of hydrogen-bond acceptors (Lipinski definition) is 3. The van der Waals surface area contributed by atoms with E-state index in [0.29, 0.717) is 18.1 Å². The molecule has 0 saturated carbocycles. The lowest BCUT2D eigenvalue weighted by molar-refractivity contribution is 0.102. The highest BCUT2D eigenvalue weighted by Gasteiger charge is 2.11. The number of nitrogen functional groups attached to an aromatic ring is 1. The van der Waals surface area contributed by atoms with Crippen molar-refractivity contribution in [1.29, 1.82) is 0 Å². The zero-order valence-electron chi connectivity index (χ0n) is 9.55. The van der Waals surface area contributed by atoms with Gasteiger partial charge in [0.25, 0.3) is 5.91 Å². The first-order valence-corrected chi connectivity index (χ1v) is 5.40. The van der Waals surface area contributed by atoms with Crippen LogP contribution in [-0.4, -0.2) is 15.7 Å². The molecule has 1 heterocycles. The summed E-state index contributed by atoms with van der Waals surface area (Å²) < 4.78 is 1.58. The van der Waals surface area contributed by atoms with Gasteiger partial charge in [0.1, 0.15) is 5.82 Å². The zero-order valence-corrected chi connectivity index (χ0v) is 9.55. The lowest BCUT2D eigenvalue weighted by Crippen LogP contribution is -2.13. The Morgan fingerprint density at radius 3 is 2.71 bits per heavy atom. The van der Waals surface area contributed by atoms with Crippen molar-refractivity contribution in [2.45, 2.75) is 13.5 Å². The molecule has 0 aliphatic heterocycles. The molecule has 88 valence electrons. The maximum absolute atomic E-state index is 11.9. The Bertz CT molecular complexity index is 519. The molecule has 1 aromatic heterocycles. The highest BCUT2D eigenvalue weighted by molar-refractivity contribution is 6.03. The Morgan fingerprint density at radius 2 is 2.12 bits per heavy atom. The Morgan fingerprint density at radius 1 is 1.41 bits per heavy atom. The van der Waals surface area contributed by atoms with Crippen LogP contribution in [0.3, 0.4) is 0 Å². The number of amides is 1. The molecule has 1 aromatic carbocycles. The van der Waals surface area contributed by atoms with Crippen LogP contribution < -0.4 is 11.1 Å². The highest BCUT2D eigenvalue weighted by atomic mass is 16.1. The molecule has 0 fully saturated rings. The fourth-order valence-corrected chi connectivity index (χ4v) is 1.51. The molecule has 5 nitrogen and oxygen atoms in total. The third-order valence-corrected chi connectivity index (χ3v) is 2.37. The summed E-state index contributed by atoms with van der Waals surface area (Å²) in [6.45, 7) is 2.56. The molecule has 2 rings (SSSR count). The van der Waals surface area contributed by atoms with Crippen LogP contribution in [0, 0.1) is 0 Å². The average molecular weight is 230 g/mol. The Hall–Kier alpha value is -2.30. The summed E-state index contributed by atoms with van der Waals surface area (Å²) in [5.74, 6) is 0.237. The molecular formula is C12H14N4O. The van der Waals surface area contributed by atoms with Crippen molar-refractivity contribution in [3.8, 4) is 0 Å². The molecule has 3 N–H and O–H groups in total. The molecule has 0 atom stereocenters. The van der Waals surface area contributed by atoms with Gasteiger partial charge in [-0.15, -0.1) is 0 Å². The summed E-state index contributed by atoms with van der Waals surface area (Å²) in [5, 5.41) is 6.86. The van der Waals surface area contributed by atoms with Crippen molar-refractivity contribution in [2.75, 3.05) is 11.1 Å². The number of nitrogens with one attached hydrogen (secondary N) is 1. The van der Waals surface area contributed by atoms with E-state index in [-0.39, 0.29) is 5.91 Å². The first-order valence-electron chi connectivity index (χ1n) is 5.40. The van der Waals surface area contributed by atoms with Crippen molar-refractivity contribution >= 4 is 17.4 Å². The third kappa shape index (κ3) is 2.44. The van der Waals surface area contributed by atoms with E-state index < -0.39 is 0 Å². The predicted molar refractivity (Wildman–Crippen MR) is 66.7 cm³/mol. The van der Waals surface area contributed by atoms with Gasteiger partial charge in [0.2, 0.25) is 0 Å². The van der Waals surface area contributed by atoms with Gasteiger partial charge in [-0.25, -0.2) is 4.68 Å². The van der Waals surface area contributed by atoms with Gasteiger partial charge in [0.05, 0.1) is 0 Å². The van der Waals surface area contributed by atoms with Crippen LogP contribution in [0.1, 0.15) is 17.4 Å². The standard InChI is InChI=1S/C12H14N4O/c1-2-16-11(13)8-10(15-16)12(17)14-9-6-4-3-5-7-9/h3-8H,2,13H2,1H3,(H,14,17). The van der Waals surface area contributed by atoms with Gasteiger partial charge in [-0.05, 0) is 19.1 Å². The van der Waals surface area contributed by atoms with E-state index in [2.05, 4.69) is 10.4 Å². The molecule has 0 bridgehead atoms. The first-order chi connectivity index (χ1) is 8.20. The number of carbonyl (C=O) groups is 1. The number of rotatable bonds is 3. The molecule has 0 aliphatic carbocycles. The number of nitrogens with zero attached hydrogens (tertiary/aromatic N) is 2. The van der Waals surface area contributed by atoms with Crippen molar-refractivity contribution in [1.82, 2.24) is 9.78 Å². The Balaban J connectivity index is 2.15. The van der Waals surface area contributed by atoms with Crippen molar-refractivity contribution in [3.63, 3.8) is 0 Å². The lowest BCUT2D eigenvalue weighted by atomic mass is 10.3. The largest absolute Gasteiger partial charge is 0.384 e. The van der Waals surface area contributed by atoms with Gasteiger partial charge in [0, 0.05) is 18.3 Å². The normalized spacial score (nSPS) is 10.2. The van der Waals surface area contributed by atoms with Crippen molar-refractivity contribution in [2.24, 2.45) is 0 Å². The van der Waals surface area contributed by atoms with Crippen LogP contribution in [0.5, 0.6) is 0 Å². The van der Waals surface area contributed by atoms with Gasteiger partial charge in [-0.3, -0.25) is 4.79 Å². The van der Waals surface area contributed by atoms with Crippen LogP contribution >= 0.6 is 0 Å². The topological polar surface area (TPSA) is 72.9 Å². The molecule has 17 heavy (non-hydrogen) atoms. The fourth-order valence-electron chi connectivity index (χ4n) is 1.51. The van der Waals surface area contributed by atoms with Crippen molar-refractivity contribution < 1.29 is 4.79 Å². The minimum absolute atomic E-state index is 0.255. The molecule has 2 aromatic rings. The van der Waals surface area contributed by atoms with Gasteiger partial charge < -0.3 is 11.1 Å². The number of hydrogen-bond donors (Lipinski definition) is 2. The molecule has 0 unspecified atom stereocenters.